The number of halogens is 1. The quantitative estimate of drug-likeness (QED) is 0.697. The topological polar surface area (TPSA) is 22.1 Å². The van der Waals surface area contributed by atoms with Crippen LogP contribution in [0.25, 0.3) is 11.3 Å². The molecule has 0 amide bonds. The van der Waals surface area contributed by atoms with Crippen molar-refractivity contribution in [2.75, 3.05) is 7.11 Å². The molecule has 1 aromatic carbocycles. The maximum Gasteiger partial charge on any atom is 0.126 e. The predicted octanol–water partition coefficient (Wildman–Crippen LogP) is 5.69. The monoisotopic (exact) mass is 365 g/mol. The second kappa shape index (κ2) is 6.19. The molecule has 1 saturated carbocycles. The molecule has 0 atom stereocenters. The van der Waals surface area contributed by atoms with Crippen LogP contribution in [-0.2, 0) is 10.3 Å². The Balaban J connectivity index is 1.98. The molecule has 1 aromatic heterocycles. The highest BCUT2D eigenvalue weighted by molar-refractivity contribution is 9.10. The number of hydrogen-bond acceptors (Lipinski definition) is 3. The number of benzene rings is 1. The van der Waals surface area contributed by atoms with Crippen molar-refractivity contribution in [2.45, 2.75) is 44.6 Å². The number of rotatable bonds is 3. The molecule has 2 nitrogen and oxygen atoms in total. The minimum atomic E-state index is -0.151. The molecule has 112 valence electrons. The van der Waals surface area contributed by atoms with Gasteiger partial charge in [0.05, 0.1) is 5.69 Å². The molecule has 2 aromatic rings. The molecule has 3 rings (SSSR count). The van der Waals surface area contributed by atoms with Gasteiger partial charge in [0.15, 0.2) is 0 Å². The summed E-state index contributed by atoms with van der Waals surface area (Å²) in [5, 5.41) is 1.15. The van der Waals surface area contributed by atoms with Gasteiger partial charge in [-0.3, -0.25) is 0 Å². The van der Waals surface area contributed by atoms with Crippen molar-refractivity contribution >= 4 is 27.3 Å². The molecule has 21 heavy (non-hydrogen) atoms. The Labute approximate surface area is 138 Å². The Kier molecular flexibility index (Phi) is 4.48. The van der Waals surface area contributed by atoms with E-state index in [-0.39, 0.29) is 5.60 Å². The summed E-state index contributed by atoms with van der Waals surface area (Å²) in [5.74, 6) is 0. The second-order valence-electron chi connectivity index (χ2n) is 5.69. The molecule has 0 N–H and O–H groups in total. The first kappa shape index (κ1) is 15.2. The lowest BCUT2D eigenvalue weighted by atomic mass is 9.85. The van der Waals surface area contributed by atoms with E-state index in [1.54, 1.807) is 11.3 Å². The van der Waals surface area contributed by atoms with Gasteiger partial charge in [0.25, 0.3) is 0 Å². The van der Waals surface area contributed by atoms with Gasteiger partial charge in [-0.05, 0) is 31.9 Å². The molecule has 1 fully saturated rings. The Morgan fingerprint density at radius 3 is 2.43 bits per heavy atom. The highest BCUT2D eigenvalue weighted by atomic mass is 79.9. The number of hydrogen-bond donors (Lipinski definition) is 0. The van der Waals surface area contributed by atoms with Crippen molar-refractivity contribution in [2.24, 2.45) is 0 Å². The number of thiazole rings is 1. The number of nitrogens with zero attached hydrogens (tertiary/aromatic N) is 1. The normalized spacial score (nSPS) is 17.9. The van der Waals surface area contributed by atoms with Crippen LogP contribution < -0.4 is 0 Å². The van der Waals surface area contributed by atoms with Crippen LogP contribution in [-0.4, -0.2) is 12.1 Å². The van der Waals surface area contributed by atoms with Crippen molar-refractivity contribution < 1.29 is 4.74 Å². The van der Waals surface area contributed by atoms with Crippen molar-refractivity contribution in [1.29, 1.82) is 0 Å². The van der Waals surface area contributed by atoms with Crippen LogP contribution >= 0.6 is 27.3 Å². The molecule has 0 spiro atoms. The Hall–Kier alpha value is -0.710. The van der Waals surface area contributed by atoms with Crippen LogP contribution in [0.5, 0.6) is 0 Å². The first-order chi connectivity index (χ1) is 10.1. The molecule has 1 aliphatic rings. The van der Waals surface area contributed by atoms with Crippen LogP contribution in [0.2, 0.25) is 0 Å². The van der Waals surface area contributed by atoms with E-state index in [4.69, 9.17) is 9.72 Å². The lowest BCUT2D eigenvalue weighted by Crippen LogP contribution is -2.30. The zero-order valence-corrected chi connectivity index (χ0v) is 14.9. The van der Waals surface area contributed by atoms with E-state index in [2.05, 4.69) is 47.1 Å². The lowest BCUT2D eigenvalue weighted by molar-refractivity contribution is -0.0445. The van der Waals surface area contributed by atoms with Crippen LogP contribution in [0.1, 0.15) is 42.0 Å². The molecule has 0 saturated heterocycles. The smallest absolute Gasteiger partial charge is 0.126 e. The van der Waals surface area contributed by atoms with E-state index < -0.39 is 0 Å². The summed E-state index contributed by atoms with van der Waals surface area (Å²) in [5.41, 5.74) is 2.13. The van der Waals surface area contributed by atoms with Gasteiger partial charge in [0, 0.05) is 22.0 Å². The van der Waals surface area contributed by atoms with Gasteiger partial charge >= 0.3 is 0 Å². The summed E-state index contributed by atoms with van der Waals surface area (Å²) in [6.45, 7) is 2.16. The molecule has 1 heterocycles. The molecular weight excluding hydrogens is 346 g/mol. The van der Waals surface area contributed by atoms with Gasteiger partial charge in [0.2, 0.25) is 0 Å². The molecule has 1 aliphatic carbocycles. The van der Waals surface area contributed by atoms with Crippen LogP contribution in [0.4, 0.5) is 0 Å². The summed E-state index contributed by atoms with van der Waals surface area (Å²) in [6.07, 6.45) is 5.97. The van der Waals surface area contributed by atoms with Crippen molar-refractivity contribution in [3.05, 3.63) is 38.6 Å². The molecule has 0 unspecified atom stereocenters. The fourth-order valence-corrected chi connectivity index (χ4v) is 4.52. The molecule has 0 bridgehead atoms. The van der Waals surface area contributed by atoms with Gasteiger partial charge in [-0.15, -0.1) is 11.3 Å². The summed E-state index contributed by atoms with van der Waals surface area (Å²) in [6, 6.07) is 8.38. The summed E-state index contributed by atoms with van der Waals surface area (Å²) < 4.78 is 7.03. The SMILES string of the molecule is COC1(c2nc(-c3ccc(Br)cc3)c(C)s2)CCCCC1. The van der Waals surface area contributed by atoms with E-state index >= 15 is 0 Å². The summed E-state index contributed by atoms with van der Waals surface area (Å²) in [4.78, 5) is 6.23. The van der Waals surface area contributed by atoms with E-state index in [0.29, 0.717) is 0 Å². The third kappa shape index (κ3) is 2.94. The standard InChI is InChI=1S/C17H20BrNOS/c1-12-15(13-6-8-14(18)9-7-13)19-16(21-12)17(20-2)10-4-3-5-11-17/h6-9H,3-5,10-11H2,1-2H3. The summed E-state index contributed by atoms with van der Waals surface area (Å²) in [7, 11) is 1.83. The van der Waals surface area contributed by atoms with Gasteiger partial charge in [-0.1, -0.05) is 47.3 Å². The minimum absolute atomic E-state index is 0.151. The average Bonchev–Trinajstić information content (AvgIpc) is 2.91. The van der Waals surface area contributed by atoms with E-state index in [1.165, 1.54) is 29.7 Å². The van der Waals surface area contributed by atoms with E-state index in [9.17, 15) is 0 Å². The van der Waals surface area contributed by atoms with Gasteiger partial charge in [-0.25, -0.2) is 4.98 Å². The Bertz CT molecular complexity index is 614. The fourth-order valence-electron chi connectivity index (χ4n) is 3.10. The Morgan fingerprint density at radius 2 is 1.81 bits per heavy atom. The number of aryl methyl sites for hydroxylation is 1. The zero-order chi connectivity index (χ0) is 14.9. The van der Waals surface area contributed by atoms with Gasteiger partial charge in [-0.2, -0.15) is 0 Å². The molecule has 0 radical (unpaired) electrons. The molecular formula is C17H20BrNOS. The predicted molar refractivity (Wildman–Crippen MR) is 91.8 cm³/mol. The zero-order valence-electron chi connectivity index (χ0n) is 12.5. The summed E-state index contributed by atoms with van der Waals surface area (Å²) >= 11 is 5.28. The second-order valence-corrected chi connectivity index (χ2v) is 7.81. The third-order valence-electron chi connectivity index (χ3n) is 4.36. The molecule has 4 heteroatoms. The largest absolute Gasteiger partial charge is 0.371 e. The first-order valence-corrected chi connectivity index (χ1v) is 9.04. The highest BCUT2D eigenvalue weighted by Gasteiger charge is 2.37. The van der Waals surface area contributed by atoms with Crippen LogP contribution in [0, 0.1) is 6.92 Å². The highest BCUT2D eigenvalue weighted by Crippen LogP contribution is 2.43. The average molecular weight is 366 g/mol. The van der Waals surface area contributed by atoms with Crippen LogP contribution in [0.15, 0.2) is 28.7 Å². The van der Waals surface area contributed by atoms with Gasteiger partial charge in [0.1, 0.15) is 10.6 Å². The van der Waals surface area contributed by atoms with Gasteiger partial charge < -0.3 is 4.74 Å². The lowest BCUT2D eigenvalue weighted by Gasteiger charge is -2.34. The maximum absolute atomic E-state index is 5.93. The van der Waals surface area contributed by atoms with Crippen molar-refractivity contribution in [3.63, 3.8) is 0 Å². The Morgan fingerprint density at radius 1 is 1.14 bits per heavy atom. The maximum atomic E-state index is 5.93. The van der Waals surface area contributed by atoms with E-state index in [0.717, 1.165) is 28.0 Å². The van der Waals surface area contributed by atoms with E-state index in [1.807, 2.05) is 7.11 Å². The number of methoxy groups -OCH3 is 1. The van der Waals surface area contributed by atoms with Crippen molar-refractivity contribution in [3.8, 4) is 11.3 Å². The van der Waals surface area contributed by atoms with Crippen LogP contribution in [0.3, 0.4) is 0 Å². The third-order valence-corrected chi connectivity index (χ3v) is 6.04. The number of aromatic nitrogens is 1. The number of ether oxygens (including phenoxy) is 1. The van der Waals surface area contributed by atoms with Crippen molar-refractivity contribution in [1.82, 2.24) is 4.98 Å². The minimum Gasteiger partial charge on any atom is -0.371 e. The molecule has 0 aliphatic heterocycles. The first-order valence-electron chi connectivity index (χ1n) is 7.44. The fraction of sp³-hybridized carbons (Fsp3) is 0.471.